The second kappa shape index (κ2) is 12.9. The maximum Gasteiger partial charge on any atom is 0.228 e. The normalized spacial score (nSPS) is 11.1. The number of ether oxygens (including phenoxy) is 1. The van der Waals surface area contributed by atoms with Crippen molar-refractivity contribution in [3.8, 4) is 11.4 Å². The van der Waals surface area contributed by atoms with E-state index in [9.17, 15) is 0 Å². The van der Waals surface area contributed by atoms with E-state index in [2.05, 4.69) is 25.8 Å². The van der Waals surface area contributed by atoms with E-state index in [-0.39, 0.29) is 24.0 Å². The Balaban J connectivity index is 0.00000338. The first-order chi connectivity index (χ1) is 12.2. The van der Waals surface area contributed by atoms with Crippen LogP contribution in [-0.2, 0) is 11.2 Å². The highest BCUT2D eigenvalue weighted by Crippen LogP contribution is 2.19. The number of aliphatic imine (C=N–C) groups is 1. The zero-order valence-electron chi connectivity index (χ0n) is 15.0. The van der Waals surface area contributed by atoms with Crippen LogP contribution in [0.25, 0.3) is 11.4 Å². The molecule has 2 N–H and O–H groups in total. The molecule has 0 radical (unpaired) electrons. The van der Waals surface area contributed by atoms with Crippen LogP contribution >= 0.6 is 35.6 Å². The number of guanidine groups is 1. The van der Waals surface area contributed by atoms with Crippen LogP contribution in [0.2, 0.25) is 5.02 Å². The van der Waals surface area contributed by atoms with E-state index in [1.165, 1.54) is 0 Å². The molecule has 0 spiro atoms. The van der Waals surface area contributed by atoms with E-state index in [0.29, 0.717) is 49.5 Å². The lowest BCUT2D eigenvalue weighted by atomic mass is 10.2. The minimum atomic E-state index is 0. The summed E-state index contributed by atoms with van der Waals surface area (Å²) in [7, 11) is 0. The number of benzene rings is 1. The van der Waals surface area contributed by atoms with Gasteiger partial charge in [0.1, 0.15) is 0 Å². The molecule has 0 aliphatic rings. The first-order valence-corrected chi connectivity index (χ1v) is 8.79. The molecule has 0 saturated carbocycles. The van der Waals surface area contributed by atoms with Crippen LogP contribution in [0.3, 0.4) is 0 Å². The molecular formula is C17H25ClIN5O2. The molecule has 1 aromatic heterocycles. The van der Waals surface area contributed by atoms with Gasteiger partial charge in [0, 0.05) is 36.7 Å². The van der Waals surface area contributed by atoms with Gasteiger partial charge in [0.25, 0.3) is 0 Å². The van der Waals surface area contributed by atoms with Crippen LogP contribution in [0, 0.1) is 0 Å². The van der Waals surface area contributed by atoms with Crippen molar-refractivity contribution in [2.45, 2.75) is 20.3 Å². The molecule has 0 saturated heterocycles. The first kappa shape index (κ1) is 22.7. The number of hydrogen-bond donors (Lipinski definition) is 2. The average molecular weight is 494 g/mol. The van der Waals surface area contributed by atoms with Crippen molar-refractivity contribution in [2.75, 3.05) is 32.8 Å². The summed E-state index contributed by atoms with van der Waals surface area (Å²) >= 11 is 5.99. The zero-order chi connectivity index (χ0) is 17.9. The van der Waals surface area contributed by atoms with Crippen molar-refractivity contribution >= 4 is 41.5 Å². The topological polar surface area (TPSA) is 84.6 Å². The Morgan fingerprint density at radius 3 is 2.88 bits per heavy atom. The molecule has 0 bridgehead atoms. The lowest BCUT2D eigenvalue weighted by molar-refractivity contribution is 0.155. The van der Waals surface area contributed by atoms with Gasteiger partial charge in [-0.25, -0.2) is 0 Å². The predicted molar refractivity (Wildman–Crippen MR) is 114 cm³/mol. The Morgan fingerprint density at radius 1 is 1.31 bits per heavy atom. The van der Waals surface area contributed by atoms with Gasteiger partial charge in [-0.15, -0.1) is 24.0 Å². The lowest BCUT2D eigenvalue weighted by Gasteiger charge is -2.10. The average Bonchev–Trinajstić information content (AvgIpc) is 3.07. The van der Waals surface area contributed by atoms with Crippen LogP contribution in [0.1, 0.15) is 19.7 Å². The van der Waals surface area contributed by atoms with Crippen LogP contribution < -0.4 is 10.6 Å². The van der Waals surface area contributed by atoms with Crippen molar-refractivity contribution in [3.05, 3.63) is 35.2 Å². The van der Waals surface area contributed by atoms with Gasteiger partial charge in [0.15, 0.2) is 5.96 Å². The summed E-state index contributed by atoms with van der Waals surface area (Å²) in [5.74, 6) is 1.85. The second-order valence-electron chi connectivity index (χ2n) is 5.16. The summed E-state index contributed by atoms with van der Waals surface area (Å²) in [6.45, 7) is 7.34. The van der Waals surface area contributed by atoms with Crippen molar-refractivity contribution < 1.29 is 9.26 Å². The van der Waals surface area contributed by atoms with Crippen LogP contribution in [0.4, 0.5) is 0 Å². The van der Waals surface area contributed by atoms with Crippen LogP contribution in [0.5, 0.6) is 0 Å². The monoisotopic (exact) mass is 493 g/mol. The highest BCUT2D eigenvalue weighted by atomic mass is 127. The fourth-order valence-corrected chi connectivity index (χ4v) is 2.29. The minimum absolute atomic E-state index is 0. The molecule has 2 aromatic rings. The summed E-state index contributed by atoms with van der Waals surface area (Å²) < 4.78 is 10.6. The Morgan fingerprint density at radius 2 is 2.15 bits per heavy atom. The maximum absolute atomic E-state index is 5.99. The van der Waals surface area contributed by atoms with Gasteiger partial charge < -0.3 is 19.9 Å². The molecule has 1 aromatic carbocycles. The van der Waals surface area contributed by atoms with Gasteiger partial charge in [-0.2, -0.15) is 4.98 Å². The van der Waals surface area contributed by atoms with Crippen LogP contribution in [-0.4, -0.2) is 48.9 Å². The molecule has 144 valence electrons. The summed E-state index contributed by atoms with van der Waals surface area (Å²) in [6.07, 6.45) is 0.601. The number of nitrogens with one attached hydrogen (secondary N) is 2. The quantitative estimate of drug-likeness (QED) is 0.242. The smallest absolute Gasteiger partial charge is 0.228 e. The summed E-state index contributed by atoms with van der Waals surface area (Å²) in [6, 6.07) is 7.37. The summed E-state index contributed by atoms with van der Waals surface area (Å²) in [5.41, 5.74) is 0.835. The molecule has 0 aliphatic carbocycles. The minimum Gasteiger partial charge on any atom is -0.380 e. The molecule has 0 amide bonds. The third-order valence-corrected chi connectivity index (χ3v) is 3.47. The fraction of sp³-hybridized carbons (Fsp3) is 0.471. The number of rotatable bonds is 9. The van der Waals surface area contributed by atoms with Gasteiger partial charge in [-0.1, -0.05) is 28.9 Å². The van der Waals surface area contributed by atoms with Crippen LogP contribution in [0.15, 0.2) is 33.8 Å². The van der Waals surface area contributed by atoms with E-state index in [0.717, 1.165) is 18.1 Å². The molecule has 26 heavy (non-hydrogen) atoms. The van der Waals surface area contributed by atoms with Gasteiger partial charge in [0.2, 0.25) is 11.7 Å². The van der Waals surface area contributed by atoms with Crippen molar-refractivity contribution in [3.63, 3.8) is 0 Å². The molecule has 7 nitrogen and oxygen atoms in total. The number of halogens is 2. The molecule has 0 fully saturated rings. The number of aromatic nitrogens is 2. The number of hydrogen-bond acceptors (Lipinski definition) is 5. The van der Waals surface area contributed by atoms with E-state index < -0.39 is 0 Å². The largest absolute Gasteiger partial charge is 0.380 e. The Bertz CT molecular complexity index is 681. The van der Waals surface area contributed by atoms with Crippen molar-refractivity contribution in [1.82, 2.24) is 20.8 Å². The standard InChI is InChI=1S/C17H24ClN5O2.HI/c1-3-19-17(21-10-11-24-4-2)20-9-8-15-22-16(23-25-15)13-6-5-7-14(18)12-13;/h5-7,12H,3-4,8-11H2,1-2H3,(H2,19,20,21);1H. The van der Waals surface area contributed by atoms with E-state index in [4.69, 9.17) is 20.9 Å². The first-order valence-electron chi connectivity index (χ1n) is 8.41. The number of nitrogens with zero attached hydrogens (tertiary/aromatic N) is 3. The molecule has 0 atom stereocenters. The van der Waals surface area contributed by atoms with Gasteiger partial charge >= 0.3 is 0 Å². The Kier molecular flexibility index (Phi) is 11.2. The van der Waals surface area contributed by atoms with Crippen molar-refractivity contribution in [1.29, 1.82) is 0 Å². The van der Waals surface area contributed by atoms with Gasteiger partial charge in [-0.05, 0) is 26.0 Å². The fourth-order valence-electron chi connectivity index (χ4n) is 2.10. The van der Waals surface area contributed by atoms with Crippen molar-refractivity contribution in [2.24, 2.45) is 4.99 Å². The highest BCUT2D eigenvalue weighted by molar-refractivity contribution is 14.0. The molecule has 0 aliphatic heterocycles. The van der Waals surface area contributed by atoms with E-state index >= 15 is 0 Å². The predicted octanol–water partition coefficient (Wildman–Crippen LogP) is 3.14. The molecular weight excluding hydrogens is 469 g/mol. The molecule has 1 heterocycles. The SMILES string of the molecule is CCNC(=NCCOCC)NCCc1nc(-c2cccc(Cl)c2)no1.I. The Hall–Kier alpha value is -1.39. The zero-order valence-corrected chi connectivity index (χ0v) is 18.1. The van der Waals surface area contributed by atoms with E-state index in [1.807, 2.05) is 38.1 Å². The molecule has 2 rings (SSSR count). The summed E-state index contributed by atoms with van der Waals surface area (Å²) in [5, 5.41) is 11.1. The molecule has 9 heteroatoms. The second-order valence-corrected chi connectivity index (χ2v) is 5.59. The molecule has 0 unspecified atom stereocenters. The van der Waals surface area contributed by atoms with Gasteiger partial charge in [-0.3, -0.25) is 4.99 Å². The third kappa shape index (κ3) is 7.88. The third-order valence-electron chi connectivity index (χ3n) is 3.24. The lowest BCUT2D eigenvalue weighted by Crippen LogP contribution is -2.38. The Labute approximate surface area is 176 Å². The maximum atomic E-state index is 5.99. The van der Waals surface area contributed by atoms with E-state index in [1.54, 1.807) is 0 Å². The van der Waals surface area contributed by atoms with Gasteiger partial charge in [0.05, 0.1) is 13.2 Å². The summed E-state index contributed by atoms with van der Waals surface area (Å²) in [4.78, 5) is 8.83. The highest BCUT2D eigenvalue weighted by Gasteiger charge is 2.09.